The molecule has 0 heterocycles. The van der Waals surface area contributed by atoms with Gasteiger partial charge < -0.3 is 4.74 Å². The quantitative estimate of drug-likeness (QED) is 0.723. The molecule has 0 amide bonds. The highest BCUT2D eigenvalue weighted by Crippen LogP contribution is 2.53. The third-order valence-corrected chi connectivity index (χ3v) is 4.82. The number of methoxy groups -OCH3 is 1. The minimum Gasteiger partial charge on any atom is -0.496 e. The minimum atomic E-state index is -0.161. The molecular weight excluding hydrogens is 240 g/mol. The Morgan fingerprint density at radius 2 is 1.74 bits per heavy atom. The lowest BCUT2D eigenvalue weighted by Gasteiger charge is -2.31. The molecule has 0 spiro atoms. The molecule has 4 atom stereocenters. The van der Waals surface area contributed by atoms with E-state index in [2.05, 4.69) is 12.2 Å². The number of hydrogen-bond donors (Lipinski definition) is 0. The normalized spacial score (nSPS) is 34.4. The lowest BCUT2D eigenvalue weighted by molar-refractivity contribution is 0.0717. The van der Waals surface area contributed by atoms with E-state index in [4.69, 9.17) is 4.74 Å². The number of allylic oxidation sites excluding steroid dienone is 2. The Bertz CT molecular complexity index is 629. The van der Waals surface area contributed by atoms with Crippen LogP contribution < -0.4 is 4.74 Å². The van der Waals surface area contributed by atoms with E-state index in [1.54, 1.807) is 25.3 Å². The standard InChI is InChI=1S/C16H14O3/c1-19-11-4-2-3-10-14(11)16(18)13-9-6-5-8(7-9)12(13)15(10)17/h2-6,8-9,12-13H,7H2,1H3. The lowest BCUT2D eigenvalue weighted by atomic mass is 9.69. The van der Waals surface area contributed by atoms with Crippen LogP contribution in [0.4, 0.5) is 0 Å². The maximum atomic E-state index is 12.7. The fraction of sp³-hybridized carbons (Fsp3) is 0.375. The lowest BCUT2D eigenvalue weighted by Crippen LogP contribution is -2.39. The number of carbonyl (C=O) groups excluding carboxylic acids is 2. The summed E-state index contributed by atoms with van der Waals surface area (Å²) in [6, 6.07) is 5.30. The number of rotatable bonds is 1. The molecule has 96 valence electrons. The van der Waals surface area contributed by atoms with E-state index in [9.17, 15) is 9.59 Å². The summed E-state index contributed by atoms with van der Waals surface area (Å²) in [5.41, 5.74) is 1.05. The molecule has 1 saturated carbocycles. The molecule has 0 N–H and O–H groups in total. The topological polar surface area (TPSA) is 43.4 Å². The van der Waals surface area contributed by atoms with Gasteiger partial charge in [0.05, 0.1) is 12.7 Å². The Morgan fingerprint density at radius 3 is 2.42 bits per heavy atom. The SMILES string of the molecule is COc1cccc2c1C(=O)C1C3C=CC(C3)C1C2=O. The summed E-state index contributed by atoms with van der Waals surface area (Å²) in [5, 5.41) is 0. The summed E-state index contributed by atoms with van der Waals surface area (Å²) < 4.78 is 5.27. The first-order valence-corrected chi connectivity index (χ1v) is 6.66. The van der Waals surface area contributed by atoms with Crippen LogP contribution in [0.3, 0.4) is 0 Å². The maximum Gasteiger partial charge on any atom is 0.171 e. The summed E-state index contributed by atoms with van der Waals surface area (Å²) in [7, 11) is 1.54. The van der Waals surface area contributed by atoms with Gasteiger partial charge in [-0.3, -0.25) is 9.59 Å². The summed E-state index contributed by atoms with van der Waals surface area (Å²) in [6.45, 7) is 0. The molecule has 3 nitrogen and oxygen atoms in total. The zero-order chi connectivity index (χ0) is 13.1. The smallest absolute Gasteiger partial charge is 0.171 e. The van der Waals surface area contributed by atoms with E-state index in [-0.39, 0.29) is 35.2 Å². The number of hydrogen-bond acceptors (Lipinski definition) is 3. The van der Waals surface area contributed by atoms with E-state index >= 15 is 0 Å². The van der Waals surface area contributed by atoms with Gasteiger partial charge in [0.1, 0.15) is 5.75 Å². The van der Waals surface area contributed by atoms with E-state index < -0.39 is 0 Å². The Morgan fingerprint density at radius 1 is 1.05 bits per heavy atom. The molecule has 1 fully saturated rings. The van der Waals surface area contributed by atoms with Crippen LogP contribution in [0.2, 0.25) is 0 Å². The van der Waals surface area contributed by atoms with Crippen LogP contribution in [0.25, 0.3) is 0 Å². The van der Waals surface area contributed by atoms with Crippen molar-refractivity contribution < 1.29 is 14.3 Å². The van der Waals surface area contributed by atoms with E-state index in [0.29, 0.717) is 16.9 Å². The first-order valence-electron chi connectivity index (χ1n) is 6.66. The summed E-state index contributed by atoms with van der Waals surface area (Å²) >= 11 is 0. The second-order valence-electron chi connectivity index (χ2n) is 5.61. The number of ketones is 2. The Labute approximate surface area is 111 Å². The van der Waals surface area contributed by atoms with Crippen molar-refractivity contribution in [3.8, 4) is 5.75 Å². The molecule has 4 unspecified atom stereocenters. The van der Waals surface area contributed by atoms with E-state index in [1.165, 1.54) is 0 Å². The van der Waals surface area contributed by atoms with Crippen LogP contribution in [-0.4, -0.2) is 18.7 Å². The van der Waals surface area contributed by atoms with Crippen LogP contribution in [-0.2, 0) is 0 Å². The maximum absolute atomic E-state index is 12.7. The molecule has 2 bridgehead atoms. The number of Topliss-reactive ketones (excluding diaryl/α,β-unsaturated/α-hetero) is 2. The van der Waals surface area contributed by atoms with Gasteiger partial charge in [0.2, 0.25) is 0 Å². The first-order chi connectivity index (χ1) is 9.22. The van der Waals surface area contributed by atoms with Crippen LogP contribution in [0.5, 0.6) is 5.75 Å². The molecule has 4 rings (SSSR count). The van der Waals surface area contributed by atoms with Crippen molar-refractivity contribution in [2.45, 2.75) is 6.42 Å². The highest BCUT2D eigenvalue weighted by atomic mass is 16.5. The average Bonchev–Trinajstić information content (AvgIpc) is 3.04. The van der Waals surface area contributed by atoms with Gasteiger partial charge in [-0.2, -0.15) is 0 Å². The molecule has 1 aromatic rings. The number of fused-ring (bicyclic) bond motifs is 6. The van der Waals surface area contributed by atoms with Crippen molar-refractivity contribution in [1.29, 1.82) is 0 Å². The molecule has 0 aromatic heterocycles. The van der Waals surface area contributed by atoms with Crippen LogP contribution in [0.1, 0.15) is 27.1 Å². The van der Waals surface area contributed by atoms with Gasteiger partial charge in [0.25, 0.3) is 0 Å². The molecule has 3 aliphatic carbocycles. The van der Waals surface area contributed by atoms with Gasteiger partial charge in [-0.15, -0.1) is 0 Å². The second kappa shape index (κ2) is 3.56. The predicted octanol–water partition coefficient (Wildman–Crippen LogP) is 2.51. The second-order valence-corrected chi connectivity index (χ2v) is 5.61. The van der Waals surface area contributed by atoms with Crippen LogP contribution >= 0.6 is 0 Å². The number of ether oxygens (including phenoxy) is 1. The van der Waals surface area contributed by atoms with Crippen molar-refractivity contribution in [1.82, 2.24) is 0 Å². The zero-order valence-corrected chi connectivity index (χ0v) is 10.6. The van der Waals surface area contributed by atoms with Gasteiger partial charge >= 0.3 is 0 Å². The van der Waals surface area contributed by atoms with Gasteiger partial charge in [-0.05, 0) is 24.3 Å². The Hall–Kier alpha value is -1.90. The monoisotopic (exact) mass is 254 g/mol. The molecule has 0 radical (unpaired) electrons. The van der Waals surface area contributed by atoms with Crippen molar-refractivity contribution in [2.75, 3.05) is 7.11 Å². The van der Waals surface area contributed by atoms with E-state index in [1.807, 2.05) is 0 Å². The molecule has 3 aliphatic rings. The zero-order valence-electron chi connectivity index (χ0n) is 10.6. The van der Waals surface area contributed by atoms with Crippen molar-refractivity contribution in [2.24, 2.45) is 23.7 Å². The fourth-order valence-corrected chi connectivity index (χ4v) is 4.04. The Kier molecular flexibility index (Phi) is 2.06. The summed E-state index contributed by atoms with van der Waals surface area (Å²) in [5.74, 6) is 0.939. The van der Waals surface area contributed by atoms with E-state index in [0.717, 1.165) is 6.42 Å². The van der Waals surface area contributed by atoms with Crippen molar-refractivity contribution >= 4 is 11.6 Å². The molecule has 0 aliphatic heterocycles. The first kappa shape index (κ1) is 11.0. The van der Waals surface area contributed by atoms with Gasteiger partial charge in [-0.25, -0.2) is 0 Å². The molecular formula is C16H14O3. The van der Waals surface area contributed by atoms with Gasteiger partial charge in [0.15, 0.2) is 11.6 Å². The molecule has 19 heavy (non-hydrogen) atoms. The van der Waals surface area contributed by atoms with Crippen molar-refractivity contribution in [3.63, 3.8) is 0 Å². The largest absolute Gasteiger partial charge is 0.496 e. The van der Waals surface area contributed by atoms with Crippen LogP contribution in [0, 0.1) is 23.7 Å². The highest BCUT2D eigenvalue weighted by Gasteiger charge is 2.55. The fourth-order valence-electron chi connectivity index (χ4n) is 4.04. The van der Waals surface area contributed by atoms with Crippen molar-refractivity contribution in [3.05, 3.63) is 41.5 Å². The summed E-state index contributed by atoms with van der Waals surface area (Å²) in [6.07, 6.45) is 5.17. The Balaban J connectivity index is 1.94. The molecule has 3 heteroatoms. The minimum absolute atomic E-state index is 0.0916. The average molecular weight is 254 g/mol. The van der Waals surface area contributed by atoms with Gasteiger partial charge in [0, 0.05) is 17.4 Å². The number of benzene rings is 1. The third kappa shape index (κ3) is 1.23. The summed E-state index contributed by atoms with van der Waals surface area (Å²) in [4.78, 5) is 25.4. The predicted molar refractivity (Wildman–Crippen MR) is 69.4 cm³/mol. The molecule has 0 saturated heterocycles. The molecule has 1 aromatic carbocycles. The third-order valence-electron chi connectivity index (χ3n) is 4.82. The van der Waals surface area contributed by atoms with Crippen LogP contribution in [0.15, 0.2) is 30.4 Å². The number of carbonyl (C=O) groups is 2. The van der Waals surface area contributed by atoms with Gasteiger partial charge in [-0.1, -0.05) is 24.3 Å². The highest BCUT2D eigenvalue weighted by molar-refractivity contribution is 6.18.